The molecule has 0 N–H and O–H groups in total. The quantitative estimate of drug-likeness (QED) is 0.565. The van der Waals surface area contributed by atoms with Gasteiger partial charge in [-0.25, -0.2) is 0 Å². The molecule has 0 aliphatic rings. The summed E-state index contributed by atoms with van der Waals surface area (Å²) in [6.07, 6.45) is 3.16. The van der Waals surface area contributed by atoms with E-state index in [1.807, 2.05) is 6.07 Å². The summed E-state index contributed by atoms with van der Waals surface area (Å²) in [7, 11) is 0. The Morgan fingerprint density at radius 3 is 2.83 bits per heavy atom. The first-order valence-corrected chi connectivity index (χ1v) is 4.97. The fraction of sp³-hybridized carbons (Fsp3) is 0.125. The molecule has 0 fully saturated rings. The number of hydrogen-bond acceptors (Lipinski definition) is 2. The van der Waals surface area contributed by atoms with Crippen molar-refractivity contribution >= 4 is 46.4 Å². The predicted octanol–water partition coefficient (Wildman–Crippen LogP) is 3.22. The second-order valence-corrected chi connectivity index (χ2v) is 4.09. The third-order valence-electron chi connectivity index (χ3n) is 1.16. The number of hydrogen-bond donors (Lipinski definition) is 0. The topological polar surface area (TPSA) is 17.1 Å². The second kappa shape index (κ2) is 4.65. The van der Waals surface area contributed by atoms with E-state index in [1.54, 1.807) is 12.1 Å². The third-order valence-corrected chi connectivity index (χ3v) is 2.62. The first-order valence-electron chi connectivity index (χ1n) is 3.24. The van der Waals surface area contributed by atoms with Crippen LogP contribution in [0, 0.1) is 0 Å². The van der Waals surface area contributed by atoms with Gasteiger partial charge in [-0.3, -0.25) is 4.79 Å². The van der Waals surface area contributed by atoms with Crippen molar-refractivity contribution in [1.82, 2.24) is 0 Å². The van der Waals surface area contributed by atoms with E-state index in [-0.39, 0.29) is 11.7 Å². The zero-order chi connectivity index (χ0) is 8.97. The number of rotatable bonds is 3. The maximum atomic E-state index is 10.7. The number of halogens is 2. The van der Waals surface area contributed by atoms with E-state index < -0.39 is 0 Å². The van der Waals surface area contributed by atoms with Crippen LogP contribution in [0.1, 0.15) is 4.88 Å². The van der Waals surface area contributed by atoms with Gasteiger partial charge in [0.25, 0.3) is 0 Å². The van der Waals surface area contributed by atoms with Gasteiger partial charge >= 0.3 is 0 Å². The van der Waals surface area contributed by atoms with Crippen molar-refractivity contribution in [2.75, 3.05) is 5.88 Å². The average molecular weight is 221 g/mol. The molecule has 0 aliphatic carbocycles. The monoisotopic (exact) mass is 220 g/mol. The SMILES string of the molecule is O=C(C=Cc1ccc(Cl)s1)CCl. The van der Waals surface area contributed by atoms with Crippen molar-refractivity contribution in [2.45, 2.75) is 0 Å². The normalized spacial score (nSPS) is 10.8. The number of alkyl halides is 1. The van der Waals surface area contributed by atoms with E-state index in [0.717, 1.165) is 4.88 Å². The molecule has 0 atom stereocenters. The molecule has 0 unspecified atom stereocenters. The fourth-order valence-corrected chi connectivity index (χ4v) is 1.69. The van der Waals surface area contributed by atoms with Gasteiger partial charge in [0.15, 0.2) is 5.78 Å². The lowest BCUT2D eigenvalue weighted by molar-refractivity contribution is -0.112. The Labute approximate surface area is 84.6 Å². The van der Waals surface area contributed by atoms with E-state index in [4.69, 9.17) is 23.2 Å². The molecule has 0 radical (unpaired) electrons. The van der Waals surface area contributed by atoms with Crippen LogP contribution < -0.4 is 0 Å². The van der Waals surface area contributed by atoms with Gasteiger partial charge in [0, 0.05) is 4.88 Å². The Bertz CT molecular complexity index is 304. The molecule has 0 aliphatic heterocycles. The van der Waals surface area contributed by atoms with Crippen LogP contribution in [0.3, 0.4) is 0 Å². The molecule has 1 rings (SSSR count). The molecule has 0 amide bonds. The first kappa shape index (κ1) is 9.78. The highest BCUT2D eigenvalue weighted by Gasteiger charge is 1.94. The second-order valence-electron chi connectivity index (χ2n) is 2.08. The zero-order valence-corrected chi connectivity index (χ0v) is 8.42. The molecule has 1 heterocycles. The predicted molar refractivity (Wildman–Crippen MR) is 54.1 cm³/mol. The van der Waals surface area contributed by atoms with Crippen LogP contribution in [0.5, 0.6) is 0 Å². The van der Waals surface area contributed by atoms with Crippen LogP contribution in [0.4, 0.5) is 0 Å². The van der Waals surface area contributed by atoms with Gasteiger partial charge < -0.3 is 0 Å². The number of ketones is 1. The lowest BCUT2D eigenvalue weighted by atomic mass is 10.3. The molecule has 12 heavy (non-hydrogen) atoms. The third kappa shape index (κ3) is 2.97. The molecule has 1 aromatic rings. The largest absolute Gasteiger partial charge is 0.294 e. The summed E-state index contributed by atoms with van der Waals surface area (Å²) < 4.78 is 0.716. The van der Waals surface area contributed by atoms with Crippen LogP contribution in [-0.2, 0) is 4.79 Å². The van der Waals surface area contributed by atoms with Crippen molar-refractivity contribution in [3.8, 4) is 0 Å². The molecular formula is C8H6Cl2OS. The summed E-state index contributed by atoms with van der Waals surface area (Å²) in [4.78, 5) is 11.7. The zero-order valence-electron chi connectivity index (χ0n) is 6.09. The summed E-state index contributed by atoms with van der Waals surface area (Å²) in [6.45, 7) is 0. The molecule has 4 heteroatoms. The molecule has 64 valence electrons. The minimum Gasteiger partial charge on any atom is -0.294 e. The Morgan fingerprint density at radius 2 is 2.33 bits per heavy atom. The summed E-state index contributed by atoms with van der Waals surface area (Å²) >= 11 is 12.4. The Hall–Kier alpha value is -0.310. The van der Waals surface area contributed by atoms with Crippen molar-refractivity contribution < 1.29 is 4.79 Å². The van der Waals surface area contributed by atoms with Gasteiger partial charge in [0.1, 0.15) is 0 Å². The van der Waals surface area contributed by atoms with E-state index in [9.17, 15) is 4.79 Å². The number of allylic oxidation sites excluding steroid dienone is 1. The molecule has 0 bridgehead atoms. The first-order chi connectivity index (χ1) is 5.72. The minimum absolute atomic E-state index is 0.0234. The van der Waals surface area contributed by atoms with Gasteiger partial charge in [-0.15, -0.1) is 22.9 Å². The maximum Gasteiger partial charge on any atom is 0.170 e. The summed E-state index contributed by atoms with van der Waals surface area (Å²) in [5.74, 6) is -0.0727. The van der Waals surface area contributed by atoms with E-state index in [0.29, 0.717) is 4.34 Å². The van der Waals surface area contributed by atoms with Crippen LogP contribution in [0.15, 0.2) is 18.2 Å². The Balaban J connectivity index is 2.63. The summed E-state index contributed by atoms with van der Waals surface area (Å²) in [5.41, 5.74) is 0. The molecule has 0 saturated heterocycles. The van der Waals surface area contributed by atoms with E-state index in [1.165, 1.54) is 17.4 Å². The highest BCUT2D eigenvalue weighted by Crippen LogP contribution is 2.22. The highest BCUT2D eigenvalue weighted by molar-refractivity contribution is 7.17. The van der Waals surface area contributed by atoms with Crippen molar-refractivity contribution in [3.63, 3.8) is 0 Å². The fourth-order valence-electron chi connectivity index (χ4n) is 0.637. The van der Waals surface area contributed by atoms with Gasteiger partial charge in [-0.1, -0.05) is 11.6 Å². The molecule has 0 spiro atoms. The molecular weight excluding hydrogens is 215 g/mol. The molecule has 1 nitrogen and oxygen atoms in total. The van der Waals surface area contributed by atoms with Gasteiger partial charge in [-0.2, -0.15) is 0 Å². The van der Waals surface area contributed by atoms with Crippen LogP contribution >= 0.6 is 34.5 Å². The van der Waals surface area contributed by atoms with Crippen molar-refractivity contribution in [2.24, 2.45) is 0 Å². The van der Waals surface area contributed by atoms with Crippen LogP contribution in [0.2, 0.25) is 4.34 Å². The van der Waals surface area contributed by atoms with E-state index >= 15 is 0 Å². The number of thiophene rings is 1. The number of carbonyl (C=O) groups is 1. The lowest BCUT2D eigenvalue weighted by Gasteiger charge is -1.82. The standard InChI is InChI=1S/C8H6Cl2OS/c9-5-6(11)1-2-7-3-4-8(10)12-7/h1-4H,5H2. The minimum atomic E-state index is -0.0961. The summed E-state index contributed by atoms with van der Waals surface area (Å²) in [5, 5.41) is 0. The van der Waals surface area contributed by atoms with Gasteiger partial charge in [0.05, 0.1) is 10.2 Å². The van der Waals surface area contributed by atoms with Crippen LogP contribution in [-0.4, -0.2) is 11.7 Å². The molecule has 0 aromatic carbocycles. The van der Waals surface area contributed by atoms with Crippen molar-refractivity contribution in [1.29, 1.82) is 0 Å². The van der Waals surface area contributed by atoms with Gasteiger partial charge in [0.2, 0.25) is 0 Å². The van der Waals surface area contributed by atoms with Crippen LogP contribution in [0.25, 0.3) is 6.08 Å². The summed E-state index contributed by atoms with van der Waals surface area (Å²) in [6, 6.07) is 3.64. The Kier molecular flexibility index (Phi) is 3.79. The maximum absolute atomic E-state index is 10.7. The highest BCUT2D eigenvalue weighted by atomic mass is 35.5. The smallest absolute Gasteiger partial charge is 0.170 e. The Morgan fingerprint density at radius 1 is 1.58 bits per heavy atom. The van der Waals surface area contributed by atoms with E-state index in [2.05, 4.69) is 0 Å². The van der Waals surface area contributed by atoms with Gasteiger partial charge in [-0.05, 0) is 24.3 Å². The average Bonchev–Trinajstić information content (AvgIpc) is 2.47. The number of carbonyl (C=O) groups excluding carboxylic acids is 1. The molecule has 0 saturated carbocycles. The van der Waals surface area contributed by atoms with Crippen molar-refractivity contribution in [3.05, 3.63) is 27.4 Å². The molecule has 1 aromatic heterocycles. The lowest BCUT2D eigenvalue weighted by Crippen LogP contribution is -1.90.